The first kappa shape index (κ1) is 68.8. The lowest BCUT2D eigenvalue weighted by Crippen LogP contribution is -2.70. The summed E-state index contributed by atoms with van der Waals surface area (Å²) in [6, 6.07) is 172. The Morgan fingerprint density at radius 2 is 0.198 bits per heavy atom. The fourth-order valence-corrected chi connectivity index (χ4v) is 18.3. The van der Waals surface area contributed by atoms with Crippen LogP contribution in [0.5, 0.6) is 0 Å². The molecule has 18 aromatic carbocycles. The molecule has 0 atom stereocenters. The molecule has 0 saturated carbocycles. The first-order valence-corrected chi connectivity index (χ1v) is 38.9. The van der Waals surface area contributed by atoms with Crippen LogP contribution in [0.3, 0.4) is 0 Å². The molecule has 0 aliphatic heterocycles. The van der Waals surface area contributed by atoms with Crippen LogP contribution in [-0.4, -0.2) is 6.15 Å². The summed E-state index contributed by atoms with van der Waals surface area (Å²) in [6.45, 7) is 2.57. The summed E-state index contributed by atoms with van der Waals surface area (Å²) in [5.41, 5.74) is 37.5. The fourth-order valence-electron chi connectivity index (χ4n) is 18.3. The molecule has 18 rings (SSSR count). The lowest BCUT2D eigenvalue weighted by molar-refractivity contribution is 1.39. The van der Waals surface area contributed by atoms with Crippen molar-refractivity contribution in [3.8, 4) is 167 Å². The molecule has 0 N–H and O–H groups in total. The Morgan fingerprint density at radius 3 is 0.288 bits per heavy atom. The Bertz CT molecular complexity index is 5280. The van der Waals surface area contributed by atoms with Crippen molar-refractivity contribution in [3.05, 3.63) is 455 Å². The predicted octanol–water partition coefficient (Wildman–Crippen LogP) is 28.2. The van der Waals surface area contributed by atoms with Gasteiger partial charge in [-0.1, -0.05) is 462 Å². The summed E-state index contributed by atoms with van der Waals surface area (Å²) in [6.07, 6.45) is -2.28. The van der Waals surface area contributed by atoms with Crippen molar-refractivity contribution in [1.29, 1.82) is 0 Å². The van der Waals surface area contributed by atoms with Gasteiger partial charge in [0.05, 0.1) is 6.15 Å². The third-order valence-electron chi connectivity index (χ3n) is 22.6. The Balaban J connectivity index is 1.30. The molecule has 111 heavy (non-hydrogen) atoms. The largest absolute Gasteiger partial charge is 0.183 e. The lowest BCUT2D eigenvalue weighted by atomic mass is 9.11. The molecule has 0 radical (unpaired) electrons. The van der Waals surface area contributed by atoms with Crippen molar-refractivity contribution in [2.45, 2.75) is 13.2 Å². The van der Waals surface area contributed by atoms with Crippen molar-refractivity contribution in [2.75, 3.05) is 0 Å². The van der Waals surface area contributed by atoms with Crippen molar-refractivity contribution in [1.82, 2.24) is 0 Å². The zero-order valence-corrected chi connectivity index (χ0v) is 62.1. The van der Waals surface area contributed by atoms with E-state index in [9.17, 15) is 0 Å². The Labute approximate surface area is 653 Å². The number of rotatable bonds is 19. The molecule has 0 amide bonds. The minimum Gasteiger partial charge on any atom is -0.183 e. The van der Waals surface area contributed by atoms with Crippen LogP contribution in [0.1, 0.15) is 6.92 Å². The standard InChI is InChI=1S/C110H80B/c1-2-111(108-102(87-66-36-12-37-67-87)96(81-54-24-6-25-55-81)93(78-48-18-3-19-49-78)97(82-56-26-7-27-57-82)103(108)88-68-38-13-39-69-88,109-104(89-70-40-14-41-71-89)98(83-58-28-8-29-59-83)94(79-50-20-4-21-51-79)99(84-60-30-9-31-61-84)105(109)90-72-42-15-43-73-90)110-106(91-74-44-16-45-75-91)100(85-62-32-10-33-63-85)95(80-52-22-5-23-53-80)101(86-64-34-11-35-65-86)107(110)92-76-46-17-47-77-92/h3-77H,2H2,1H3/q-1. The van der Waals surface area contributed by atoms with E-state index in [0.717, 1.165) is 167 Å². The average molecular weight is 1410 g/mol. The summed E-state index contributed by atoms with van der Waals surface area (Å²) in [5.74, 6) is 0. The van der Waals surface area contributed by atoms with Crippen LogP contribution in [0.25, 0.3) is 167 Å². The van der Waals surface area contributed by atoms with Gasteiger partial charge >= 0.3 is 0 Å². The van der Waals surface area contributed by atoms with Gasteiger partial charge in [-0.15, -0.1) is 0 Å². The Kier molecular flexibility index (Phi) is 19.3. The van der Waals surface area contributed by atoms with Gasteiger partial charge in [-0.05, 0) is 167 Å². The summed E-state index contributed by atoms with van der Waals surface area (Å²) >= 11 is 0. The first-order chi connectivity index (χ1) is 55.2. The predicted molar refractivity (Wildman–Crippen MR) is 476 cm³/mol. The lowest BCUT2D eigenvalue weighted by Gasteiger charge is -2.53. The minimum absolute atomic E-state index is 0.562. The zero-order chi connectivity index (χ0) is 74.3. The molecule has 18 aromatic rings. The van der Waals surface area contributed by atoms with Crippen molar-refractivity contribution in [2.24, 2.45) is 0 Å². The summed E-state index contributed by atoms with van der Waals surface area (Å²) in [5, 5.41) is 0. The maximum atomic E-state index is 2.57. The third kappa shape index (κ3) is 12.7. The van der Waals surface area contributed by atoms with Gasteiger partial charge in [-0.25, -0.2) is 0 Å². The van der Waals surface area contributed by atoms with E-state index in [4.69, 9.17) is 0 Å². The van der Waals surface area contributed by atoms with Crippen LogP contribution in [0.4, 0.5) is 0 Å². The maximum Gasteiger partial charge on any atom is 0.0860 e. The molecule has 0 aliphatic carbocycles. The molecule has 0 aliphatic rings. The van der Waals surface area contributed by atoms with Gasteiger partial charge in [-0.2, -0.15) is 22.7 Å². The molecule has 0 aromatic heterocycles. The SMILES string of the molecule is CC[B-](c1c(-c2ccccc2)c(-c2ccccc2)c(-c2ccccc2)c(-c2ccccc2)c1-c1ccccc1)(c1c(-c2ccccc2)c(-c2ccccc2)c(-c2ccccc2)c(-c2ccccc2)c1-c1ccccc1)c1c(-c2ccccc2)c(-c2ccccc2)c(-c2ccccc2)c(-c2ccccc2)c1-c1ccccc1. The first-order valence-electron chi connectivity index (χ1n) is 38.9. The van der Waals surface area contributed by atoms with Gasteiger partial charge in [0.15, 0.2) is 0 Å². The van der Waals surface area contributed by atoms with Crippen LogP contribution in [0.2, 0.25) is 6.32 Å². The third-order valence-corrected chi connectivity index (χ3v) is 22.6. The normalized spacial score (nSPS) is 11.3. The monoisotopic (exact) mass is 1410 g/mol. The molecular weight excluding hydrogens is 1330 g/mol. The van der Waals surface area contributed by atoms with Crippen LogP contribution < -0.4 is 16.4 Å². The van der Waals surface area contributed by atoms with Crippen LogP contribution in [0, 0.1) is 0 Å². The second-order valence-corrected chi connectivity index (χ2v) is 28.8. The van der Waals surface area contributed by atoms with Gasteiger partial charge in [0, 0.05) is 0 Å². The molecule has 0 nitrogen and oxygen atoms in total. The van der Waals surface area contributed by atoms with Crippen LogP contribution in [0.15, 0.2) is 455 Å². The van der Waals surface area contributed by atoms with Crippen molar-refractivity contribution in [3.63, 3.8) is 0 Å². The topological polar surface area (TPSA) is 0 Å². The van der Waals surface area contributed by atoms with E-state index >= 15 is 0 Å². The van der Waals surface area contributed by atoms with E-state index < -0.39 is 6.15 Å². The van der Waals surface area contributed by atoms with Gasteiger partial charge in [0.2, 0.25) is 0 Å². The molecule has 0 unspecified atom stereocenters. The van der Waals surface area contributed by atoms with Gasteiger partial charge in [0.25, 0.3) is 0 Å². The molecule has 0 saturated heterocycles. The van der Waals surface area contributed by atoms with Crippen LogP contribution in [-0.2, 0) is 0 Å². The van der Waals surface area contributed by atoms with Crippen molar-refractivity contribution >= 4 is 22.5 Å². The second-order valence-electron chi connectivity index (χ2n) is 28.8. The summed E-state index contributed by atoms with van der Waals surface area (Å²) < 4.78 is 0. The molecule has 1 heteroatoms. The highest BCUT2D eigenvalue weighted by atomic mass is 14.4. The van der Waals surface area contributed by atoms with Gasteiger partial charge < -0.3 is 0 Å². The molecule has 0 bridgehead atoms. The molecule has 524 valence electrons. The van der Waals surface area contributed by atoms with E-state index in [-0.39, 0.29) is 0 Å². The number of hydrogen-bond donors (Lipinski definition) is 0. The average Bonchev–Trinajstić information content (AvgIpc) is 0.667. The van der Waals surface area contributed by atoms with Crippen LogP contribution >= 0.6 is 0 Å². The molecule has 0 fully saturated rings. The van der Waals surface area contributed by atoms with Gasteiger partial charge in [0.1, 0.15) is 0 Å². The van der Waals surface area contributed by atoms with E-state index in [0.29, 0.717) is 6.32 Å². The van der Waals surface area contributed by atoms with E-state index in [1.807, 2.05) is 0 Å². The number of hydrogen-bond acceptors (Lipinski definition) is 0. The Morgan fingerprint density at radius 1 is 0.117 bits per heavy atom. The van der Waals surface area contributed by atoms with E-state index in [1.54, 1.807) is 0 Å². The summed E-state index contributed by atoms with van der Waals surface area (Å²) in [7, 11) is 0. The minimum atomic E-state index is -2.84. The maximum absolute atomic E-state index is 2.84. The number of benzene rings is 18. The summed E-state index contributed by atoms with van der Waals surface area (Å²) in [4.78, 5) is 0. The van der Waals surface area contributed by atoms with Gasteiger partial charge in [-0.3, -0.25) is 0 Å². The highest BCUT2D eigenvalue weighted by Gasteiger charge is 2.46. The van der Waals surface area contributed by atoms with E-state index in [1.165, 1.54) is 16.4 Å². The second kappa shape index (κ2) is 31.1. The zero-order valence-electron chi connectivity index (χ0n) is 62.1. The molecule has 0 heterocycles. The fraction of sp³-hybridized carbons (Fsp3) is 0.0182. The smallest absolute Gasteiger partial charge is 0.0860 e. The van der Waals surface area contributed by atoms with E-state index in [2.05, 4.69) is 462 Å². The van der Waals surface area contributed by atoms with Crippen molar-refractivity contribution < 1.29 is 0 Å². The quantitative estimate of drug-likeness (QED) is 0.0708. The highest BCUT2D eigenvalue weighted by Crippen LogP contribution is 2.58. The molecular formula is C110H80B-. The highest BCUT2D eigenvalue weighted by molar-refractivity contribution is 7.15. The Hall–Kier alpha value is -14.0. The molecule has 0 spiro atoms.